The first-order valence-electron chi connectivity index (χ1n) is 6.19. The van der Waals surface area contributed by atoms with Gasteiger partial charge in [0, 0.05) is 5.56 Å². The van der Waals surface area contributed by atoms with Crippen LogP contribution in [0.5, 0.6) is 5.75 Å². The zero-order valence-corrected chi connectivity index (χ0v) is 11.4. The monoisotopic (exact) mass is 265 g/mol. The average molecular weight is 265 g/mol. The summed E-state index contributed by atoms with van der Waals surface area (Å²) in [6.45, 7) is 5.73. The van der Waals surface area contributed by atoms with Crippen molar-refractivity contribution in [2.24, 2.45) is 0 Å². The Labute approximate surface area is 112 Å². The van der Waals surface area contributed by atoms with Gasteiger partial charge in [-0.05, 0) is 39.0 Å². The molecule has 0 bridgehead atoms. The largest absolute Gasteiger partial charge is 0.489 e. The van der Waals surface area contributed by atoms with Crippen molar-refractivity contribution < 1.29 is 19.1 Å². The molecule has 0 aliphatic rings. The van der Waals surface area contributed by atoms with Crippen molar-refractivity contribution in [1.29, 1.82) is 0 Å². The molecule has 1 rings (SSSR count). The summed E-state index contributed by atoms with van der Waals surface area (Å²) in [4.78, 5) is 23.0. The molecule has 19 heavy (non-hydrogen) atoms. The number of ether oxygens (including phenoxy) is 2. The number of hydrogen-bond acceptors (Lipinski definition) is 5. The number of carbonyl (C=O) groups excluding carboxylic acids is 2. The predicted molar refractivity (Wildman–Crippen MR) is 72.2 cm³/mol. The number of anilines is 1. The van der Waals surface area contributed by atoms with Crippen LogP contribution < -0.4 is 10.5 Å². The molecule has 0 atom stereocenters. The lowest BCUT2D eigenvalue weighted by atomic mass is 10.1. The molecule has 1 aromatic rings. The fraction of sp³-hybridized carbons (Fsp3) is 0.429. The number of benzene rings is 1. The fourth-order valence-electron chi connectivity index (χ4n) is 1.53. The Bertz CT molecular complexity index is 469. The third-order valence-corrected chi connectivity index (χ3v) is 2.30. The Balaban J connectivity index is 2.77. The highest BCUT2D eigenvalue weighted by molar-refractivity contribution is 6.06. The number of Topliss-reactive ketones (excluding diaryl/α,β-unsaturated/α-hetero) is 1. The predicted octanol–water partition coefficient (Wildman–Crippen LogP) is 2.19. The van der Waals surface area contributed by atoms with Crippen LogP contribution in [0.15, 0.2) is 18.2 Å². The molecule has 0 heterocycles. The molecule has 0 amide bonds. The molecule has 5 heteroatoms. The van der Waals surface area contributed by atoms with E-state index >= 15 is 0 Å². The Hall–Kier alpha value is -2.04. The molecule has 0 radical (unpaired) electrons. The maximum Gasteiger partial charge on any atom is 0.313 e. The summed E-state index contributed by atoms with van der Waals surface area (Å²) in [5.41, 5.74) is 6.56. The minimum absolute atomic E-state index is 0.00313. The minimum atomic E-state index is -0.534. The van der Waals surface area contributed by atoms with E-state index in [1.807, 2.05) is 13.8 Å². The molecular formula is C14H19NO4. The molecular weight excluding hydrogens is 246 g/mol. The van der Waals surface area contributed by atoms with Crippen molar-refractivity contribution in [2.45, 2.75) is 33.3 Å². The molecule has 2 N–H and O–H groups in total. The maximum atomic E-state index is 11.8. The molecule has 0 saturated carbocycles. The normalized spacial score (nSPS) is 10.3. The van der Waals surface area contributed by atoms with Gasteiger partial charge in [-0.3, -0.25) is 9.59 Å². The summed E-state index contributed by atoms with van der Waals surface area (Å²) in [5, 5.41) is 0. The first-order chi connectivity index (χ1) is 8.93. The second-order valence-electron chi connectivity index (χ2n) is 4.32. The number of hydrogen-bond donors (Lipinski definition) is 1. The first kappa shape index (κ1) is 15.0. The highest BCUT2D eigenvalue weighted by atomic mass is 16.5. The van der Waals surface area contributed by atoms with Crippen LogP contribution in [-0.4, -0.2) is 24.5 Å². The highest BCUT2D eigenvalue weighted by Crippen LogP contribution is 2.24. The summed E-state index contributed by atoms with van der Waals surface area (Å²) in [5.74, 6) is -0.322. The third kappa shape index (κ3) is 4.62. The van der Waals surface area contributed by atoms with Gasteiger partial charge in [0.1, 0.15) is 12.2 Å². The maximum absolute atomic E-state index is 11.8. The van der Waals surface area contributed by atoms with Gasteiger partial charge in [-0.1, -0.05) is 0 Å². The first-order valence-corrected chi connectivity index (χ1v) is 6.19. The zero-order valence-electron chi connectivity index (χ0n) is 11.4. The van der Waals surface area contributed by atoms with Crippen LogP contribution in [0.25, 0.3) is 0 Å². The van der Waals surface area contributed by atoms with Gasteiger partial charge < -0.3 is 15.2 Å². The SMILES string of the molecule is CCOC(=O)CC(=O)c1ccc(OC(C)C)c(N)c1. The van der Waals surface area contributed by atoms with Gasteiger partial charge in [0.15, 0.2) is 5.78 Å². The van der Waals surface area contributed by atoms with Gasteiger partial charge in [-0.2, -0.15) is 0 Å². The van der Waals surface area contributed by atoms with Crippen LogP contribution >= 0.6 is 0 Å². The third-order valence-electron chi connectivity index (χ3n) is 2.30. The van der Waals surface area contributed by atoms with E-state index in [0.29, 0.717) is 17.0 Å². The lowest BCUT2D eigenvalue weighted by molar-refractivity contribution is -0.141. The Morgan fingerprint density at radius 3 is 2.53 bits per heavy atom. The van der Waals surface area contributed by atoms with E-state index in [1.54, 1.807) is 19.1 Å². The van der Waals surface area contributed by atoms with E-state index in [-0.39, 0.29) is 24.9 Å². The second kappa shape index (κ2) is 6.78. The molecule has 5 nitrogen and oxygen atoms in total. The zero-order chi connectivity index (χ0) is 14.4. The Morgan fingerprint density at radius 1 is 1.32 bits per heavy atom. The lowest BCUT2D eigenvalue weighted by Crippen LogP contribution is -2.12. The van der Waals surface area contributed by atoms with E-state index in [0.717, 1.165) is 0 Å². The van der Waals surface area contributed by atoms with Gasteiger partial charge >= 0.3 is 5.97 Å². The topological polar surface area (TPSA) is 78.6 Å². The van der Waals surface area contributed by atoms with Crippen LogP contribution in [0.2, 0.25) is 0 Å². The van der Waals surface area contributed by atoms with Crippen molar-refractivity contribution >= 4 is 17.4 Å². The Morgan fingerprint density at radius 2 is 2.00 bits per heavy atom. The standard InChI is InChI=1S/C14H19NO4/c1-4-18-14(17)8-12(16)10-5-6-13(11(15)7-10)19-9(2)3/h5-7,9H,4,8,15H2,1-3H3. The quantitative estimate of drug-likeness (QED) is 0.369. The van der Waals surface area contributed by atoms with Crippen molar-refractivity contribution in [3.8, 4) is 5.75 Å². The number of nitrogen functional groups attached to an aromatic ring is 1. The van der Waals surface area contributed by atoms with Crippen molar-refractivity contribution in [3.63, 3.8) is 0 Å². The number of esters is 1. The van der Waals surface area contributed by atoms with Gasteiger partial charge in [-0.25, -0.2) is 0 Å². The van der Waals surface area contributed by atoms with Crippen LogP contribution in [0.1, 0.15) is 37.6 Å². The van der Waals surface area contributed by atoms with Crippen LogP contribution in [0.3, 0.4) is 0 Å². The fourth-order valence-corrected chi connectivity index (χ4v) is 1.53. The van der Waals surface area contributed by atoms with Crippen molar-refractivity contribution in [3.05, 3.63) is 23.8 Å². The van der Waals surface area contributed by atoms with E-state index < -0.39 is 5.97 Å². The van der Waals surface area contributed by atoms with Gasteiger partial charge in [0.25, 0.3) is 0 Å². The molecule has 0 aromatic heterocycles. The molecule has 0 saturated heterocycles. The van der Waals surface area contributed by atoms with Gasteiger partial charge in [0.05, 0.1) is 18.4 Å². The summed E-state index contributed by atoms with van der Waals surface area (Å²) >= 11 is 0. The van der Waals surface area contributed by atoms with E-state index in [2.05, 4.69) is 0 Å². The van der Waals surface area contributed by atoms with Crippen LogP contribution in [-0.2, 0) is 9.53 Å². The van der Waals surface area contributed by atoms with Crippen LogP contribution in [0, 0.1) is 0 Å². The lowest BCUT2D eigenvalue weighted by Gasteiger charge is -2.12. The van der Waals surface area contributed by atoms with Gasteiger partial charge in [-0.15, -0.1) is 0 Å². The van der Waals surface area contributed by atoms with E-state index in [1.165, 1.54) is 6.07 Å². The molecule has 0 fully saturated rings. The molecule has 104 valence electrons. The van der Waals surface area contributed by atoms with Crippen LogP contribution in [0.4, 0.5) is 5.69 Å². The number of rotatable bonds is 6. The molecule has 0 aliphatic carbocycles. The average Bonchev–Trinajstić information content (AvgIpc) is 2.31. The second-order valence-corrected chi connectivity index (χ2v) is 4.32. The summed E-state index contributed by atoms with van der Waals surface area (Å²) in [7, 11) is 0. The summed E-state index contributed by atoms with van der Waals surface area (Å²) < 4.78 is 10.2. The molecule has 0 spiro atoms. The Kier molecular flexibility index (Phi) is 5.36. The van der Waals surface area contributed by atoms with Crippen molar-refractivity contribution in [1.82, 2.24) is 0 Å². The highest BCUT2D eigenvalue weighted by Gasteiger charge is 2.14. The molecule has 1 aromatic carbocycles. The molecule has 0 unspecified atom stereocenters. The molecule has 0 aliphatic heterocycles. The summed E-state index contributed by atoms with van der Waals surface area (Å²) in [6, 6.07) is 4.74. The number of nitrogens with two attached hydrogens (primary N) is 1. The van der Waals surface area contributed by atoms with E-state index in [4.69, 9.17) is 15.2 Å². The number of carbonyl (C=O) groups is 2. The summed E-state index contributed by atoms with van der Waals surface area (Å²) in [6.07, 6.45) is -0.277. The number of ketones is 1. The minimum Gasteiger partial charge on any atom is -0.489 e. The smallest absolute Gasteiger partial charge is 0.313 e. The van der Waals surface area contributed by atoms with E-state index in [9.17, 15) is 9.59 Å². The van der Waals surface area contributed by atoms with Crippen molar-refractivity contribution in [2.75, 3.05) is 12.3 Å². The van der Waals surface area contributed by atoms with Gasteiger partial charge in [0.2, 0.25) is 0 Å².